The maximum atomic E-state index is 5.60. The summed E-state index contributed by atoms with van der Waals surface area (Å²) in [5.41, 5.74) is 2.09. The average Bonchev–Trinajstić information content (AvgIpc) is 2.74. The number of ether oxygens (including phenoxy) is 2. The first-order chi connectivity index (χ1) is 9.26. The highest BCUT2D eigenvalue weighted by Gasteiger charge is 2.05. The van der Waals surface area contributed by atoms with E-state index in [2.05, 4.69) is 16.5 Å². The molecule has 1 heterocycles. The number of hydrogen-bond acceptors (Lipinski definition) is 3. The summed E-state index contributed by atoms with van der Waals surface area (Å²) in [6.07, 6.45) is 2.26. The van der Waals surface area contributed by atoms with Crippen molar-refractivity contribution < 1.29 is 9.47 Å². The molecule has 0 saturated heterocycles. The quantitative estimate of drug-likeness (QED) is 0.623. The van der Waals surface area contributed by atoms with E-state index in [9.17, 15) is 0 Å². The van der Waals surface area contributed by atoms with Crippen molar-refractivity contribution in [3.63, 3.8) is 0 Å². The molecule has 0 fully saturated rings. The van der Waals surface area contributed by atoms with Gasteiger partial charge < -0.3 is 19.0 Å². The number of nitrogens with one attached hydrogen (secondary N) is 1. The zero-order valence-corrected chi connectivity index (χ0v) is 12.3. The van der Waals surface area contributed by atoms with Gasteiger partial charge in [0.2, 0.25) is 0 Å². The summed E-state index contributed by atoms with van der Waals surface area (Å²) in [6, 6.07) is 5.90. The van der Waals surface area contributed by atoms with Gasteiger partial charge in [0.1, 0.15) is 5.75 Å². The van der Waals surface area contributed by atoms with Crippen molar-refractivity contribution in [2.24, 2.45) is 0 Å². The summed E-state index contributed by atoms with van der Waals surface area (Å²) in [7, 11) is 1.67. The second kappa shape index (κ2) is 6.73. The van der Waals surface area contributed by atoms with Crippen LogP contribution >= 0.6 is 12.2 Å². The number of unbranched alkanes of at least 4 members (excludes halogenated alkanes) is 1. The number of aromatic amines is 1. The van der Waals surface area contributed by atoms with E-state index in [-0.39, 0.29) is 0 Å². The molecule has 19 heavy (non-hydrogen) atoms. The van der Waals surface area contributed by atoms with Crippen molar-refractivity contribution in [2.75, 3.05) is 20.3 Å². The number of fused-ring (bicyclic) bond motifs is 1. The summed E-state index contributed by atoms with van der Waals surface area (Å²) in [4.78, 5) is 3.20. The fraction of sp³-hybridized carbons (Fsp3) is 0.500. The van der Waals surface area contributed by atoms with Gasteiger partial charge in [-0.25, -0.2) is 0 Å². The molecule has 1 aromatic heterocycles. The van der Waals surface area contributed by atoms with Crippen LogP contribution in [0.2, 0.25) is 0 Å². The summed E-state index contributed by atoms with van der Waals surface area (Å²) < 4.78 is 13.6. The second-order valence-corrected chi connectivity index (χ2v) is 4.82. The minimum Gasteiger partial charge on any atom is -0.497 e. The van der Waals surface area contributed by atoms with Crippen LogP contribution in [0.25, 0.3) is 11.0 Å². The predicted molar refractivity (Wildman–Crippen MR) is 79.4 cm³/mol. The topological polar surface area (TPSA) is 39.2 Å². The lowest BCUT2D eigenvalue weighted by atomic mass is 10.3. The van der Waals surface area contributed by atoms with Gasteiger partial charge in [0.25, 0.3) is 0 Å². The van der Waals surface area contributed by atoms with Gasteiger partial charge >= 0.3 is 0 Å². The normalized spacial score (nSPS) is 11.1. The Morgan fingerprint density at radius 3 is 2.89 bits per heavy atom. The van der Waals surface area contributed by atoms with Crippen LogP contribution in [-0.2, 0) is 11.3 Å². The molecule has 2 aromatic rings. The third-order valence-corrected chi connectivity index (χ3v) is 3.41. The molecular weight excluding hydrogens is 260 g/mol. The van der Waals surface area contributed by atoms with E-state index in [1.807, 2.05) is 18.2 Å². The molecular formula is C14H20N2O2S. The van der Waals surface area contributed by atoms with Crippen LogP contribution in [0.3, 0.4) is 0 Å². The van der Waals surface area contributed by atoms with E-state index in [0.717, 1.165) is 47.5 Å². The molecule has 0 amide bonds. The maximum Gasteiger partial charge on any atom is 0.178 e. The van der Waals surface area contributed by atoms with Gasteiger partial charge in [-0.05, 0) is 30.8 Å². The Morgan fingerprint density at radius 2 is 2.16 bits per heavy atom. The third kappa shape index (κ3) is 3.36. The lowest BCUT2D eigenvalue weighted by molar-refractivity contribution is 0.124. The van der Waals surface area contributed by atoms with Gasteiger partial charge in [-0.1, -0.05) is 13.3 Å². The molecule has 4 nitrogen and oxygen atoms in total. The summed E-state index contributed by atoms with van der Waals surface area (Å²) in [5.74, 6) is 0.835. The Kier molecular flexibility index (Phi) is 4.99. The minimum absolute atomic E-state index is 0.679. The SMILES string of the molecule is CCCCOCCn1c(=S)[nH]c2ccc(OC)cc21. The minimum atomic E-state index is 0.679. The molecule has 0 aliphatic carbocycles. The van der Waals surface area contributed by atoms with Crippen LogP contribution in [0.15, 0.2) is 18.2 Å². The van der Waals surface area contributed by atoms with Gasteiger partial charge in [-0.3, -0.25) is 0 Å². The van der Waals surface area contributed by atoms with Crippen LogP contribution in [-0.4, -0.2) is 29.9 Å². The monoisotopic (exact) mass is 280 g/mol. The van der Waals surface area contributed by atoms with Crippen molar-refractivity contribution in [3.8, 4) is 5.75 Å². The number of benzene rings is 1. The number of aromatic nitrogens is 2. The number of imidazole rings is 1. The molecule has 0 atom stereocenters. The molecule has 0 saturated carbocycles. The first kappa shape index (κ1) is 14.1. The molecule has 1 aromatic carbocycles. The van der Waals surface area contributed by atoms with Crippen molar-refractivity contribution in [3.05, 3.63) is 23.0 Å². The fourth-order valence-corrected chi connectivity index (χ4v) is 2.29. The van der Waals surface area contributed by atoms with Crippen LogP contribution in [0.5, 0.6) is 5.75 Å². The van der Waals surface area contributed by atoms with Gasteiger partial charge in [-0.2, -0.15) is 0 Å². The molecule has 0 unspecified atom stereocenters. The molecule has 5 heteroatoms. The van der Waals surface area contributed by atoms with Crippen LogP contribution in [0.1, 0.15) is 19.8 Å². The first-order valence-electron chi connectivity index (χ1n) is 6.60. The molecule has 1 N–H and O–H groups in total. The van der Waals surface area contributed by atoms with Gasteiger partial charge in [0, 0.05) is 19.2 Å². The maximum absolute atomic E-state index is 5.60. The molecule has 0 aliphatic rings. The lowest BCUT2D eigenvalue weighted by Gasteiger charge is -2.06. The molecule has 0 bridgehead atoms. The first-order valence-corrected chi connectivity index (χ1v) is 7.01. The van der Waals surface area contributed by atoms with E-state index < -0.39 is 0 Å². The van der Waals surface area contributed by atoms with E-state index in [1.165, 1.54) is 0 Å². The number of methoxy groups -OCH3 is 1. The number of rotatable bonds is 7. The summed E-state index contributed by atoms with van der Waals surface area (Å²) in [5, 5.41) is 0. The van der Waals surface area contributed by atoms with Crippen LogP contribution in [0, 0.1) is 4.77 Å². The summed E-state index contributed by atoms with van der Waals surface area (Å²) >= 11 is 5.34. The lowest BCUT2D eigenvalue weighted by Crippen LogP contribution is -2.06. The molecule has 0 aliphatic heterocycles. The molecule has 104 valence electrons. The van der Waals surface area contributed by atoms with Crippen molar-refractivity contribution in [1.29, 1.82) is 0 Å². The molecule has 2 rings (SSSR count). The van der Waals surface area contributed by atoms with Crippen molar-refractivity contribution >= 4 is 23.3 Å². The summed E-state index contributed by atoms with van der Waals surface area (Å²) in [6.45, 7) is 4.41. The Hall–Kier alpha value is -1.33. The fourth-order valence-electron chi connectivity index (χ4n) is 1.99. The average molecular weight is 280 g/mol. The van der Waals surface area contributed by atoms with E-state index in [4.69, 9.17) is 21.7 Å². The number of H-pyrrole nitrogens is 1. The smallest absolute Gasteiger partial charge is 0.178 e. The molecule has 0 spiro atoms. The Balaban J connectivity index is 2.12. The van der Waals surface area contributed by atoms with Gasteiger partial charge in [0.05, 0.1) is 24.8 Å². The largest absolute Gasteiger partial charge is 0.497 e. The van der Waals surface area contributed by atoms with Crippen LogP contribution in [0.4, 0.5) is 0 Å². The van der Waals surface area contributed by atoms with Gasteiger partial charge in [0.15, 0.2) is 4.77 Å². The van der Waals surface area contributed by atoms with E-state index in [0.29, 0.717) is 6.61 Å². The number of hydrogen-bond donors (Lipinski definition) is 1. The zero-order chi connectivity index (χ0) is 13.7. The van der Waals surface area contributed by atoms with E-state index in [1.54, 1.807) is 7.11 Å². The van der Waals surface area contributed by atoms with Gasteiger partial charge in [-0.15, -0.1) is 0 Å². The van der Waals surface area contributed by atoms with Crippen molar-refractivity contribution in [1.82, 2.24) is 9.55 Å². The highest BCUT2D eigenvalue weighted by molar-refractivity contribution is 7.71. The van der Waals surface area contributed by atoms with Crippen LogP contribution < -0.4 is 4.74 Å². The Bertz CT molecular complexity index is 589. The standard InChI is InChI=1S/C14H20N2O2S/c1-3-4-8-18-9-7-16-13-10-11(17-2)5-6-12(13)15-14(16)19/h5-6,10H,3-4,7-9H2,1-2H3,(H,15,19). The third-order valence-electron chi connectivity index (χ3n) is 3.08. The Labute approximate surface area is 118 Å². The zero-order valence-electron chi connectivity index (χ0n) is 11.4. The van der Waals surface area contributed by atoms with Crippen molar-refractivity contribution in [2.45, 2.75) is 26.3 Å². The Morgan fingerprint density at radius 1 is 1.32 bits per heavy atom. The number of nitrogens with zero attached hydrogens (tertiary/aromatic N) is 1. The van der Waals surface area contributed by atoms with E-state index >= 15 is 0 Å². The predicted octanol–water partition coefficient (Wildman–Crippen LogP) is 3.52. The molecule has 0 radical (unpaired) electrons. The highest BCUT2D eigenvalue weighted by atomic mass is 32.1. The highest BCUT2D eigenvalue weighted by Crippen LogP contribution is 2.20. The second-order valence-electron chi connectivity index (χ2n) is 4.43.